The van der Waals surface area contributed by atoms with E-state index in [1.807, 2.05) is 49.3 Å². The smallest absolute Gasteiger partial charge is 0.183 e. The summed E-state index contributed by atoms with van der Waals surface area (Å²) in [5, 5.41) is 27.2. The molecule has 114 valence electrons. The van der Waals surface area contributed by atoms with Crippen LogP contribution in [0.5, 0.6) is 0 Å². The summed E-state index contributed by atoms with van der Waals surface area (Å²) < 4.78 is 0. The fraction of sp³-hybridized carbons (Fsp3) is 0.111. The summed E-state index contributed by atoms with van der Waals surface area (Å²) in [6.45, 7) is 0. The molecule has 2 radical (unpaired) electrons. The van der Waals surface area contributed by atoms with E-state index in [0.29, 0.717) is 0 Å². The molecule has 1 aliphatic rings. The fourth-order valence-corrected chi connectivity index (χ4v) is 3.28. The summed E-state index contributed by atoms with van der Waals surface area (Å²) in [7, 11) is 3.53. The molecule has 0 aromatic heterocycles. The maximum atomic E-state index is 12.1. The molecule has 6 heteroatoms. The van der Waals surface area contributed by atoms with Crippen molar-refractivity contribution in [3.8, 4) is 18.2 Å². The van der Waals surface area contributed by atoms with Gasteiger partial charge in [0.2, 0.25) is 0 Å². The Morgan fingerprint density at radius 3 is 2.21 bits per heavy atom. The first-order valence-corrected chi connectivity index (χ1v) is 7.98. The normalized spacial score (nSPS) is 13.6. The maximum absolute atomic E-state index is 12.1. The first-order valence-electron chi connectivity index (χ1n) is 6.98. The van der Waals surface area contributed by atoms with E-state index in [1.165, 1.54) is 0 Å². The van der Waals surface area contributed by atoms with Crippen molar-refractivity contribution in [1.29, 1.82) is 15.8 Å². The minimum atomic E-state index is -0.362. The molecule has 1 aromatic carbocycles. The van der Waals surface area contributed by atoms with Crippen molar-refractivity contribution < 1.29 is 4.79 Å². The first kappa shape index (κ1) is 17.0. The minimum absolute atomic E-state index is 0.123. The molecule has 1 heterocycles. The molecule has 0 N–H and O–H groups in total. The van der Waals surface area contributed by atoms with Crippen LogP contribution in [0, 0.1) is 34.0 Å². The molecule has 0 saturated heterocycles. The highest BCUT2D eigenvalue weighted by molar-refractivity contribution is 6.86. The van der Waals surface area contributed by atoms with Crippen molar-refractivity contribution in [2.45, 2.75) is 0 Å². The molecular weight excluding hydrogens is 316 g/mol. The first-order chi connectivity index (χ1) is 11.5. The van der Waals surface area contributed by atoms with Crippen LogP contribution in [0.2, 0.25) is 0 Å². The number of hydrogen-bond acceptors (Lipinski definition) is 5. The van der Waals surface area contributed by atoms with Gasteiger partial charge in [-0.15, -0.1) is 0 Å². The summed E-state index contributed by atoms with van der Waals surface area (Å²) in [5.41, 5.74) is 2.15. The summed E-state index contributed by atoms with van der Waals surface area (Å²) >= 11 is 0. The SMILES string of the molecule is CN(C)c1ccc(/C=C/C2=C(C#N)C(=C(C#N)C#N)[Si]C2=O)cc1. The number of anilines is 1. The Labute approximate surface area is 142 Å². The zero-order chi connectivity index (χ0) is 17.7. The Hall–Kier alpha value is -3.40. The Bertz CT molecular complexity index is 884. The Morgan fingerprint density at radius 2 is 1.71 bits per heavy atom. The van der Waals surface area contributed by atoms with Crippen LogP contribution in [0.15, 0.2) is 52.3 Å². The second-order valence-corrected chi connectivity index (χ2v) is 6.35. The van der Waals surface area contributed by atoms with Gasteiger partial charge in [0.1, 0.15) is 23.1 Å². The van der Waals surface area contributed by atoms with Gasteiger partial charge in [-0.25, -0.2) is 0 Å². The van der Waals surface area contributed by atoms with Gasteiger partial charge in [-0.1, -0.05) is 18.2 Å². The van der Waals surface area contributed by atoms with Gasteiger partial charge in [-0.3, -0.25) is 0 Å². The molecule has 5 nitrogen and oxygen atoms in total. The van der Waals surface area contributed by atoms with Gasteiger partial charge in [0, 0.05) is 25.4 Å². The van der Waals surface area contributed by atoms with E-state index in [4.69, 9.17) is 10.5 Å². The van der Waals surface area contributed by atoms with E-state index >= 15 is 0 Å². The Morgan fingerprint density at radius 1 is 1.08 bits per heavy atom. The third-order valence-corrected chi connectivity index (χ3v) is 4.69. The van der Waals surface area contributed by atoms with Crippen LogP contribution in [0.25, 0.3) is 6.08 Å². The van der Waals surface area contributed by atoms with E-state index in [1.54, 1.807) is 24.3 Å². The highest BCUT2D eigenvalue weighted by Crippen LogP contribution is 2.26. The van der Waals surface area contributed by atoms with Gasteiger partial charge < -0.3 is 9.69 Å². The van der Waals surface area contributed by atoms with Gasteiger partial charge in [0.25, 0.3) is 0 Å². The van der Waals surface area contributed by atoms with Crippen molar-refractivity contribution in [2.75, 3.05) is 19.0 Å². The molecule has 24 heavy (non-hydrogen) atoms. The molecule has 0 aliphatic carbocycles. The third-order valence-electron chi connectivity index (χ3n) is 3.44. The van der Waals surface area contributed by atoms with Gasteiger partial charge >= 0.3 is 0 Å². The molecule has 0 spiro atoms. The molecule has 1 aliphatic heterocycles. The van der Waals surface area contributed by atoms with Crippen LogP contribution in [0.3, 0.4) is 0 Å². The number of carbonyl (C=O) groups is 1. The van der Waals surface area contributed by atoms with Crippen LogP contribution >= 0.6 is 0 Å². The van der Waals surface area contributed by atoms with Crippen molar-refractivity contribution in [3.05, 3.63) is 57.8 Å². The topological polar surface area (TPSA) is 91.7 Å². The lowest BCUT2D eigenvalue weighted by Gasteiger charge is -2.11. The van der Waals surface area contributed by atoms with Gasteiger partial charge in [0.15, 0.2) is 9.52 Å². The van der Waals surface area contributed by atoms with Gasteiger partial charge in [-0.2, -0.15) is 15.8 Å². The lowest BCUT2D eigenvalue weighted by molar-refractivity contribution is -0.108. The molecule has 2 rings (SSSR count). The zero-order valence-corrected chi connectivity index (χ0v) is 14.2. The van der Waals surface area contributed by atoms with E-state index in [2.05, 4.69) is 0 Å². The summed E-state index contributed by atoms with van der Waals surface area (Å²) in [6.07, 6.45) is 3.33. The lowest BCUT2D eigenvalue weighted by atomic mass is 10.1. The molecule has 0 fully saturated rings. The highest BCUT2D eigenvalue weighted by atomic mass is 28.2. The summed E-state index contributed by atoms with van der Waals surface area (Å²) in [4.78, 5) is 14.1. The minimum Gasteiger partial charge on any atom is -0.378 e. The second-order valence-electron chi connectivity index (χ2n) is 5.15. The number of nitrogens with zero attached hydrogens (tertiary/aromatic N) is 4. The number of carbonyl (C=O) groups excluding carboxylic acids is 1. The maximum Gasteiger partial charge on any atom is 0.183 e. The van der Waals surface area contributed by atoms with E-state index in [-0.39, 0.29) is 36.8 Å². The summed E-state index contributed by atoms with van der Waals surface area (Å²) in [5.74, 6) is 0. The quantitative estimate of drug-likeness (QED) is 0.626. The fourth-order valence-electron chi connectivity index (χ4n) is 2.15. The average Bonchev–Trinajstić information content (AvgIpc) is 2.90. The van der Waals surface area contributed by atoms with Crippen LogP contribution in [0.4, 0.5) is 5.69 Å². The van der Waals surface area contributed by atoms with E-state index < -0.39 is 0 Å². The number of allylic oxidation sites excluding steroid dienone is 5. The highest BCUT2D eigenvalue weighted by Gasteiger charge is 2.29. The zero-order valence-electron chi connectivity index (χ0n) is 13.2. The van der Waals surface area contributed by atoms with Crippen LogP contribution in [-0.2, 0) is 4.79 Å². The third kappa shape index (κ3) is 3.33. The van der Waals surface area contributed by atoms with Crippen LogP contribution < -0.4 is 4.90 Å². The van der Waals surface area contributed by atoms with E-state index in [0.717, 1.165) is 11.3 Å². The lowest BCUT2D eigenvalue weighted by Crippen LogP contribution is -2.07. The largest absolute Gasteiger partial charge is 0.378 e. The molecular formula is C18H12N4OSi. The van der Waals surface area contributed by atoms with E-state index in [9.17, 15) is 10.1 Å². The molecule has 0 atom stereocenters. The molecule has 0 unspecified atom stereocenters. The molecule has 1 aromatic rings. The molecule has 0 amide bonds. The summed E-state index contributed by atoms with van der Waals surface area (Å²) in [6, 6.07) is 13.2. The Kier molecular flexibility index (Phi) is 5.12. The van der Waals surface area contributed by atoms with Gasteiger partial charge in [0.05, 0.1) is 11.6 Å². The predicted molar refractivity (Wildman–Crippen MR) is 91.5 cm³/mol. The monoisotopic (exact) mass is 328 g/mol. The van der Waals surface area contributed by atoms with Crippen molar-refractivity contribution in [2.24, 2.45) is 0 Å². The van der Waals surface area contributed by atoms with Crippen molar-refractivity contribution in [3.63, 3.8) is 0 Å². The standard InChI is InChI=1S/C18H12N4OSi/c1-22(2)14-6-3-12(4-7-14)5-8-15-16(11-21)17(24-18(15)23)13(9-19)10-20/h3-8H,1-2H3/b8-5+. The Balaban J connectivity index is 2.40. The van der Waals surface area contributed by atoms with Crippen LogP contribution in [0.1, 0.15) is 5.56 Å². The number of benzene rings is 1. The van der Waals surface area contributed by atoms with Crippen molar-refractivity contribution >= 4 is 26.7 Å². The second kappa shape index (κ2) is 7.24. The number of hydrogen-bond donors (Lipinski definition) is 0. The van der Waals surface area contributed by atoms with Gasteiger partial charge in [-0.05, 0) is 29.0 Å². The molecule has 0 bridgehead atoms. The van der Waals surface area contributed by atoms with Crippen molar-refractivity contribution in [1.82, 2.24) is 0 Å². The van der Waals surface area contributed by atoms with Crippen LogP contribution in [-0.4, -0.2) is 29.0 Å². The number of rotatable bonds is 3. The predicted octanol–water partition coefficient (Wildman–Crippen LogP) is 2.13. The average molecular weight is 328 g/mol. The molecule has 0 saturated carbocycles. The number of nitriles is 3.